The summed E-state index contributed by atoms with van der Waals surface area (Å²) in [6.07, 6.45) is 8.32. The summed E-state index contributed by atoms with van der Waals surface area (Å²) in [6.45, 7) is 1.60. The molecule has 5 heteroatoms. The van der Waals surface area contributed by atoms with Gasteiger partial charge in [-0.05, 0) is 38.1 Å². The van der Waals surface area contributed by atoms with Crippen molar-refractivity contribution in [2.75, 3.05) is 18.4 Å². The van der Waals surface area contributed by atoms with Crippen LogP contribution in [-0.4, -0.2) is 34.9 Å². The van der Waals surface area contributed by atoms with Crippen molar-refractivity contribution in [2.24, 2.45) is 5.92 Å². The minimum atomic E-state index is 0.0798. The van der Waals surface area contributed by atoms with Crippen LogP contribution in [0.4, 0.5) is 5.13 Å². The molecule has 2 fully saturated rings. The summed E-state index contributed by atoms with van der Waals surface area (Å²) in [5.41, 5.74) is 0. The van der Waals surface area contributed by atoms with Gasteiger partial charge >= 0.3 is 0 Å². The molecule has 3 rings (SSSR count). The highest BCUT2D eigenvalue weighted by Crippen LogP contribution is 2.36. The van der Waals surface area contributed by atoms with Crippen LogP contribution in [0.15, 0.2) is 11.6 Å². The van der Waals surface area contributed by atoms with Crippen molar-refractivity contribution in [3.05, 3.63) is 11.6 Å². The van der Waals surface area contributed by atoms with Gasteiger partial charge in [-0.1, -0.05) is 6.42 Å². The van der Waals surface area contributed by atoms with E-state index in [1.54, 1.807) is 6.20 Å². The number of likely N-dealkylation sites (tertiary alicyclic amines) is 1. The zero-order chi connectivity index (χ0) is 12.4. The quantitative estimate of drug-likeness (QED) is 0.909. The summed E-state index contributed by atoms with van der Waals surface area (Å²) in [7, 11) is 0. The molecule has 1 N–H and O–H groups in total. The molecule has 0 spiro atoms. The van der Waals surface area contributed by atoms with Crippen LogP contribution >= 0.6 is 11.3 Å². The van der Waals surface area contributed by atoms with Gasteiger partial charge in [0.1, 0.15) is 0 Å². The lowest BCUT2D eigenvalue weighted by Gasteiger charge is -2.36. The Morgan fingerprint density at radius 3 is 3.00 bits per heavy atom. The Labute approximate surface area is 111 Å². The summed E-state index contributed by atoms with van der Waals surface area (Å²) in [5, 5.41) is 5.46. The lowest BCUT2D eigenvalue weighted by atomic mass is 9.79. The molecule has 1 amide bonds. The monoisotopic (exact) mass is 265 g/mol. The molecule has 1 aromatic rings. The molecule has 0 bridgehead atoms. The Balaban J connectivity index is 1.53. The number of hydrogen-bond donors (Lipinski definition) is 1. The van der Waals surface area contributed by atoms with Gasteiger partial charge in [0.2, 0.25) is 5.91 Å². The van der Waals surface area contributed by atoms with Crippen molar-refractivity contribution in [3.63, 3.8) is 0 Å². The first-order valence-electron chi connectivity index (χ1n) is 6.76. The summed E-state index contributed by atoms with van der Waals surface area (Å²) in [5.74, 6) is 0.927. The summed E-state index contributed by atoms with van der Waals surface area (Å²) in [4.78, 5) is 18.4. The molecule has 1 aromatic heterocycles. The van der Waals surface area contributed by atoms with Gasteiger partial charge in [-0.15, -0.1) is 11.3 Å². The van der Waals surface area contributed by atoms with Crippen LogP contribution in [0.5, 0.6) is 0 Å². The van der Waals surface area contributed by atoms with Gasteiger partial charge in [0, 0.05) is 17.6 Å². The number of anilines is 1. The van der Waals surface area contributed by atoms with Crippen LogP contribution in [-0.2, 0) is 4.79 Å². The molecule has 2 heterocycles. The number of nitrogens with zero attached hydrogens (tertiary/aromatic N) is 2. The van der Waals surface area contributed by atoms with Gasteiger partial charge in [0.25, 0.3) is 0 Å². The first kappa shape index (κ1) is 12.1. The van der Waals surface area contributed by atoms with Crippen molar-refractivity contribution >= 4 is 22.4 Å². The minimum Gasteiger partial charge on any atom is -0.301 e. The molecular formula is C13H19N3OS. The second kappa shape index (κ2) is 5.36. The van der Waals surface area contributed by atoms with Gasteiger partial charge in [-0.3, -0.25) is 9.69 Å². The normalized spacial score (nSPS) is 25.0. The van der Waals surface area contributed by atoms with E-state index in [4.69, 9.17) is 0 Å². The van der Waals surface area contributed by atoms with E-state index < -0.39 is 0 Å². The van der Waals surface area contributed by atoms with E-state index in [1.165, 1.54) is 43.4 Å². The molecule has 1 aliphatic carbocycles. The lowest BCUT2D eigenvalue weighted by Crippen LogP contribution is -2.42. The highest BCUT2D eigenvalue weighted by Gasteiger charge is 2.35. The van der Waals surface area contributed by atoms with Gasteiger partial charge < -0.3 is 5.32 Å². The van der Waals surface area contributed by atoms with Crippen molar-refractivity contribution in [3.8, 4) is 0 Å². The maximum atomic E-state index is 12.0. The van der Waals surface area contributed by atoms with E-state index >= 15 is 0 Å². The molecule has 1 atom stereocenters. The Hall–Kier alpha value is -0.940. The van der Waals surface area contributed by atoms with E-state index in [-0.39, 0.29) is 5.91 Å². The second-order valence-electron chi connectivity index (χ2n) is 5.26. The van der Waals surface area contributed by atoms with Crippen LogP contribution in [0.2, 0.25) is 0 Å². The standard InChI is InChI=1S/C13H19N3OS/c17-12(15-13-14-6-8-18-13)9-16-7-2-5-11(16)10-3-1-4-10/h6,8,10-11H,1-5,7,9H2,(H,14,15,17). The Bertz CT molecular complexity index is 402. The van der Waals surface area contributed by atoms with Gasteiger partial charge in [-0.25, -0.2) is 4.98 Å². The highest BCUT2D eigenvalue weighted by molar-refractivity contribution is 7.13. The molecule has 18 heavy (non-hydrogen) atoms. The molecule has 1 saturated heterocycles. The van der Waals surface area contributed by atoms with E-state index in [2.05, 4.69) is 15.2 Å². The fourth-order valence-electron chi connectivity index (χ4n) is 3.04. The molecule has 1 aliphatic heterocycles. The first-order chi connectivity index (χ1) is 8.83. The van der Waals surface area contributed by atoms with E-state index in [9.17, 15) is 4.79 Å². The Kier molecular flexibility index (Phi) is 3.61. The number of aromatic nitrogens is 1. The average molecular weight is 265 g/mol. The SMILES string of the molecule is O=C(CN1CCCC1C1CCC1)Nc1nccs1. The third kappa shape index (κ3) is 2.57. The molecule has 2 aliphatic rings. The van der Waals surface area contributed by atoms with Crippen LogP contribution in [0.3, 0.4) is 0 Å². The number of carbonyl (C=O) groups is 1. The van der Waals surface area contributed by atoms with Crippen LogP contribution in [0.25, 0.3) is 0 Å². The zero-order valence-corrected chi connectivity index (χ0v) is 11.3. The topological polar surface area (TPSA) is 45.2 Å². The molecule has 1 unspecified atom stereocenters. The van der Waals surface area contributed by atoms with E-state index in [0.29, 0.717) is 17.7 Å². The zero-order valence-electron chi connectivity index (χ0n) is 10.5. The second-order valence-corrected chi connectivity index (χ2v) is 6.15. The maximum Gasteiger partial charge on any atom is 0.240 e. The minimum absolute atomic E-state index is 0.0798. The largest absolute Gasteiger partial charge is 0.301 e. The Morgan fingerprint density at radius 1 is 1.44 bits per heavy atom. The fourth-order valence-corrected chi connectivity index (χ4v) is 3.58. The predicted octanol–water partition coefficient (Wildman–Crippen LogP) is 2.35. The summed E-state index contributed by atoms with van der Waals surface area (Å²) in [6, 6.07) is 0.654. The van der Waals surface area contributed by atoms with Crippen LogP contribution in [0, 0.1) is 5.92 Å². The third-order valence-corrected chi connectivity index (χ3v) is 4.82. The highest BCUT2D eigenvalue weighted by atomic mass is 32.1. The van der Waals surface area contributed by atoms with Gasteiger partial charge in [-0.2, -0.15) is 0 Å². The first-order valence-corrected chi connectivity index (χ1v) is 7.64. The molecule has 98 valence electrons. The van der Waals surface area contributed by atoms with Crippen LogP contribution < -0.4 is 5.32 Å². The number of hydrogen-bond acceptors (Lipinski definition) is 4. The smallest absolute Gasteiger partial charge is 0.240 e. The molecule has 0 aromatic carbocycles. The van der Waals surface area contributed by atoms with Gasteiger partial charge in [0.15, 0.2) is 5.13 Å². The predicted molar refractivity (Wildman–Crippen MR) is 72.7 cm³/mol. The Morgan fingerprint density at radius 2 is 2.33 bits per heavy atom. The van der Waals surface area contributed by atoms with Gasteiger partial charge in [0.05, 0.1) is 6.54 Å². The summed E-state index contributed by atoms with van der Waals surface area (Å²) >= 11 is 1.47. The molecule has 0 radical (unpaired) electrons. The van der Waals surface area contributed by atoms with Crippen molar-refractivity contribution in [2.45, 2.75) is 38.1 Å². The number of nitrogens with one attached hydrogen (secondary N) is 1. The lowest BCUT2D eigenvalue weighted by molar-refractivity contribution is -0.117. The van der Waals surface area contributed by atoms with E-state index in [1.807, 2.05) is 5.38 Å². The summed E-state index contributed by atoms with van der Waals surface area (Å²) < 4.78 is 0. The fraction of sp³-hybridized carbons (Fsp3) is 0.692. The number of carbonyl (C=O) groups excluding carboxylic acids is 1. The van der Waals surface area contributed by atoms with Crippen molar-refractivity contribution < 1.29 is 4.79 Å². The van der Waals surface area contributed by atoms with Crippen molar-refractivity contribution in [1.82, 2.24) is 9.88 Å². The third-order valence-electron chi connectivity index (χ3n) is 4.13. The number of amides is 1. The number of thiazole rings is 1. The molecular weight excluding hydrogens is 246 g/mol. The van der Waals surface area contributed by atoms with E-state index in [0.717, 1.165) is 12.5 Å². The van der Waals surface area contributed by atoms with Crippen LogP contribution in [0.1, 0.15) is 32.1 Å². The molecule has 1 saturated carbocycles. The molecule has 4 nitrogen and oxygen atoms in total. The number of rotatable bonds is 4. The average Bonchev–Trinajstić information content (AvgIpc) is 2.89. The van der Waals surface area contributed by atoms with Crippen molar-refractivity contribution in [1.29, 1.82) is 0 Å². The maximum absolute atomic E-state index is 12.0.